The normalized spacial score (nSPS) is 11.8. The second-order valence-electron chi connectivity index (χ2n) is 13.7. The number of anilines is 3. The number of para-hydroxylation sites is 2. The topological polar surface area (TPSA) is 29.5 Å². The fraction of sp³-hybridized carbons (Fsp3) is 0. The zero-order chi connectivity index (χ0) is 34.9. The number of benzene rings is 9. The van der Waals surface area contributed by atoms with Crippen molar-refractivity contribution >= 4 is 82.5 Å². The lowest BCUT2D eigenvalue weighted by Gasteiger charge is -2.29. The summed E-state index contributed by atoms with van der Waals surface area (Å²) < 4.78 is 12.9. The largest absolute Gasteiger partial charge is 0.456 e. The molecular weight excluding hydrogens is 647 g/mol. The van der Waals surface area contributed by atoms with Crippen LogP contribution in [-0.2, 0) is 0 Å². The molecule has 9 aromatic carbocycles. The second-order valence-corrected chi connectivity index (χ2v) is 13.7. The third-order valence-corrected chi connectivity index (χ3v) is 10.7. The van der Waals surface area contributed by atoms with Crippen molar-refractivity contribution in [2.75, 3.05) is 4.90 Å². The zero-order valence-corrected chi connectivity index (χ0v) is 28.7. The van der Waals surface area contributed by atoms with E-state index < -0.39 is 0 Å². The lowest BCUT2D eigenvalue weighted by Crippen LogP contribution is -2.11. The molecule has 0 aliphatic heterocycles. The number of furan rings is 2. The van der Waals surface area contributed by atoms with Crippen LogP contribution in [-0.4, -0.2) is 0 Å². The van der Waals surface area contributed by atoms with E-state index in [9.17, 15) is 0 Å². The Morgan fingerprint density at radius 3 is 1.83 bits per heavy atom. The first-order chi connectivity index (χ1) is 26.3. The molecule has 0 unspecified atom stereocenters. The van der Waals surface area contributed by atoms with E-state index in [4.69, 9.17) is 8.83 Å². The highest BCUT2D eigenvalue weighted by atomic mass is 16.3. The fourth-order valence-electron chi connectivity index (χ4n) is 8.20. The Balaban J connectivity index is 1.09. The quantitative estimate of drug-likeness (QED) is 0.182. The summed E-state index contributed by atoms with van der Waals surface area (Å²) in [6.07, 6.45) is 0. The molecule has 0 atom stereocenters. The maximum absolute atomic E-state index is 6.53. The Labute approximate surface area is 305 Å². The zero-order valence-electron chi connectivity index (χ0n) is 28.7. The minimum Gasteiger partial charge on any atom is -0.456 e. The average molecular weight is 678 g/mol. The Bertz CT molecular complexity index is 3180. The van der Waals surface area contributed by atoms with Crippen LogP contribution in [0, 0.1) is 0 Å². The molecule has 0 spiro atoms. The molecule has 0 saturated carbocycles. The summed E-state index contributed by atoms with van der Waals surface area (Å²) in [6.45, 7) is 0. The number of hydrogen-bond donors (Lipinski definition) is 0. The average Bonchev–Trinajstić information content (AvgIpc) is 3.80. The van der Waals surface area contributed by atoms with Gasteiger partial charge in [-0.05, 0) is 82.1 Å². The molecule has 0 bridgehead atoms. The van der Waals surface area contributed by atoms with Crippen molar-refractivity contribution in [2.45, 2.75) is 0 Å². The van der Waals surface area contributed by atoms with Gasteiger partial charge >= 0.3 is 0 Å². The predicted octanol–water partition coefficient (Wildman–Crippen LogP) is 14.6. The van der Waals surface area contributed by atoms with Crippen molar-refractivity contribution in [1.29, 1.82) is 0 Å². The van der Waals surface area contributed by atoms with Gasteiger partial charge in [-0.25, -0.2) is 0 Å². The highest BCUT2D eigenvalue weighted by Gasteiger charge is 2.21. The third-order valence-electron chi connectivity index (χ3n) is 10.7. The van der Waals surface area contributed by atoms with E-state index in [0.29, 0.717) is 0 Å². The van der Waals surface area contributed by atoms with Gasteiger partial charge < -0.3 is 13.7 Å². The molecular formula is C50H31NO2. The van der Waals surface area contributed by atoms with Gasteiger partial charge in [0.05, 0.1) is 11.4 Å². The van der Waals surface area contributed by atoms with Gasteiger partial charge in [0.1, 0.15) is 22.3 Å². The summed E-state index contributed by atoms with van der Waals surface area (Å²) in [6, 6.07) is 66.8. The summed E-state index contributed by atoms with van der Waals surface area (Å²) in [7, 11) is 0. The van der Waals surface area contributed by atoms with Crippen molar-refractivity contribution in [3.63, 3.8) is 0 Å². The SMILES string of the molecule is c1ccc(N(c2ccc(-c3cccc4oc5c6ccccc6ccc5c34)cc2)c2cccc3ccccc23)c(-c2ccc3c(c2)oc2ccccc23)c1. The summed E-state index contributed by atoms with van der Waals surface area (Å²) in [5, 5.41) is 9.21. The fourth-order valence-corrected chi connectivity index (χ4v) is 8.20. The molecule has 0 radical (unpaired) electrons. The smallest absolute Gasteiger partial charge is 0.143 e. The van der Waals surface area contributed by atoms with E-state index in [-0.39, 0.29) is 0 Å². The standard InChI is InChI=1S/C50H31NO2/c1-3-14-37-32(11-1)13-9-20-45(37)51(44-19-7-5-15-38(44)35-26-29-42-41-17-6-8-21-46(41)52-48(42)31-35)36-27-23-34(24-28-36)39-18-10-22-47-49(39)43-30-25-33-12-2-4-16-40(33)50(43)53-47/h1-31H. The minimum absolute atomic E-state index is 0.883. The Morgan fingerprint density at radius 1 is 0.340 bits per heavy atom. The molecule has 3 heteroatoms. The molecule has 0 saturated heterocycles. The van der Waals surface area contributed by atoms with Gasteiger partial charge in [-0.2, -0.15) is 0 Å². The maximum Gasteiger partial charge on any atom is 0.143 e. The van der Waals surface area contributed by atoms with Crippen molar-refractivity contribution in [3.05, 3.63) is 188 Å². The molecule has 248 valence electrons. The number of fused-ring (bicyclic) bond motifs is 9. The van der Waals surface area contributed by atoms with E-state index in [0.717, 1.165) is 88.6 Å². The Morgan fingerprint density at radius 2 is 0.943 bits per heavy atom. The molecule has 0 amide bonds. The number of nitrogens with zero attached hydrogens (tertiary/aromatic N) is 1. The van der Waals surface area contributed by atoms with Crippen LogP contribution in [0.2, 0.25) is 0 Å². The first-order valence-electron chi connectivity index (χ1n) is 18.0. The molecule has 11 rings (SSSR count). The van der Waals surface area contributed by atoms with Crippen molar-refractivity contribution in [2.24, 2.45) is 0 Å². The van der Waals surface area contributed by atoms with Gasteiger partial charge in [0, 0.05) is 43.6 Å². The molecule has 53 heavy (non-hydrogen) atoms. The number of hydrogen-bond acceptors (Lipinski definition) is 3. The van der Waals surface area contributed by atoms with E-state index in [1.54, 1.807) is 0 Å². The van der Waals surface area contributed by atoms with Crippen molar-refractivity contribution < 1.29 is 8.83 Å². The van der Waals surface area contributed by atoms with Crippen LogP contribution >= 0.6 is 0 Å². The third kappa shape index (κ3) is 4.68. The highest BCUT2D eigenvalue weighted by Crippen LogP contribution is 2.45. The van der Waals surface area contributed by atoms with E-state index in [1.807, 2.05) is 12.1 Å². The van der Waals surface area contributed by atoms with E-state index in [1.165, 1.54) is 16.2 Å². The van der Waals surface area contributed by atoms with Crippen LogP contribution in [0.5, 0.6) is 0 Å². The predicted molar refractivity (Wildman–Crippen MR) is 222 cm³/mol. The molecule has 0 aliphatic rings. The summed E-state index contributed by atoms with van der Waals surface area (Å²) in [5.41, 5.74) is 11.4. The van der Waals surface area contributed by atoms with Crippen LogP contribution < -0.4 is 4.90 Å². The van der Waals surface area contributed by atoms with Gasteiger partial charge in [-0.3, -0.25) is 0 Å². The number of rotatable bonds is 5. The highest BCUT2D eigenvalue weighted by molar-refractivity contribution is 6.19. The molecule has 0 fully saturated rings. The Hall–Kier alpha value is -7.10. The summed E-state index contributed by atoms with van der Waals surface area (Å²) in [4.78, 5) is 2.39. The molecule has 2 heterocycles. The molecule has 0 aliphatic carbocycles. The first-order valence-corrected chi connectivity index (χ1v) is 18.0. The summed E-state index contributed by atoms with van der Waals surface area (Å²) in [5.74, 6) is 0. The monoisotopic (exact) mass is 677 g/mol. The molecule has 3 nitrogen and oxygen atoms in total. The first kappa shape index (κ1) is 29.6. The second kappa shape index (κ2) is 11.7. The van der Waals surface area contributed by atoms with Crippen LogP contribution in [0.4, 0.5) is 17.1 Å². The minimum atomic E-state index is 0.883. The van der Waals surface area contributed by atoms with Crippen LogP contribution in [0.3, 0.4) is 0 Å². The van der Waals surface area contributed by atoms with Gasteiger partial charge in [0.15, 0.2) is 0 Å². The maximum atomic E-state index is 6.53. The van der Waals surface area contributed by atoms with Gasteiger partial charge in [0.25, 0.3) is 0 Å². The van der Waals surface area contributed by atoms with Crippen molar-refractivity contribution in [3.8, 4) is 22.3 Å². The lowest BCUT2D eigenvalue weighted by molar-refractivity contribution is 0.669. The molecule has 0 N–H and O–H groups in total. The lowest BCUT2D eigenvalue weighted by atomic mass is 9.97. The molecule has 11 aromatic rings. The van der Waals surface area contributed by atoms with E-state index in [2.05, 4.69) is 181 Å². The van der Waals surface area contributed by atoms with Gasteiger partial charge in [0.2, 0.25) is 0 Å². The Kier molecular flexibility index (Phi) is 6.55. The van der Waals surface area contributed by atoms with Crippen LogP contribution in [0.1, 0.15) is 0 Å². The van der Waals surface area contributed by atoms with Gasteiger partial charge in [-0.1, -0.05) is 133 Å². The van der Waals surface area contributed by atoms with Crippen LogP contribution in [0.15, 0.2) is 197 Å². The summed E-state index contributed by atoms with van der Waals surface area (Å²) >= 11 is 0. The van der Waals surface area contributed by atoms with Crippen molar-refractivity contribution in [1.82, 2.24) is 0 Å². The van der Waals surface area contributed by atoms with Crippen LogP contribution in [0.25, 0.3) is 87.7 Å². The van der Waals surface area contributed by atoms with E-state index >= 15 is 0 Å². The van der Waals surface area contributed by atoms with Gasteiger partial charge in [-0.15, -0.1) is 0 Å². The molecule has 2 aromatic heterocycles.